The molecule has 0 amide bonds. The lowest BCUT2D eigenvalue weighted by atomic mass is 10.0. The molecular formula is C16H21ClN4O2S. The molecule has 0 aliphatic carbocycles. The zero-order valence-electron chi connectivity index (χ0n) is 13.7. The van der Waals surface area contributed by atoms with E-state index in [0.717, 1.165) is 18.5 Å². The molecule has 2 aromatic rings. The highest BCUT2D eigenvalue weighted by Gasteiger charge is 2.36. The molecule has 8 heteroatoms. The van der Waals surface area contributed by atoms with Crippen LogP contribution in [0, 0.1) is 0 Å². The van der Waals surface area contributed by atoms with E-state index in [1.165, 1.54) is 12.5 Å². The van der Waals surface area contributed by atoms with Crippen LogP contribution in [0.25, 0.3) is 0 Å². The van der Waals surface area contributed by atoms with Gasteiger partial charge < -0.3 is 4.57 Å². The van der Waals surface area contributed by atoms with E-state index in [9.17, 15) is 8.42 Å². The monoisotopic (exact) mass is 368 g/mol. The second-order valence-electron chi connectivity index (χ2n) is 6.01. The molecule has 6 nitrogen and oxygen atoms in total. The van der Waals surface area contributed by atoms with E-state index in [1.807, 2.05) is 38.2 Å². The van der Waals surface area contributed by atoms with Gasteiger partial charge in [0.25, 0.3) is 10.0 Å². The highest BCUT2D eigenvalue weighted by Crippen LogP contribution is 2.32. The van der Waals surface area contributed by atoms with Gasteiger partial charge in [0.05, 0.1) is 18.6 Å². The third-order valence-corrected chi connectivity index (χ3v) is 6.21. The number of likely N-dealkylation sites (N-methyl/N-ethyl adjacent to an activating group) is 1. The van der Waals surface area contributed by atoms with Gasteiger partial charge in [0.2, 0.25) is 0 Å². The van der Waals surface area contributed by atoms with Crippen LogP contribution in [-0.2, 0) is 16.6 Å². The Bertz CT molecular complexity index is 804. The summed E-state index contributed by atoms with van der Waals surface area (Å²) < 4.78 is 30.0. The zero-order chi connectivity index (χ0) is 17.3. The number of halogens is 1. The van der Waals surface area contributed by atoms with Crippen LogP contribution in [0.5, 0.6) is 0 Å². The topological polar surface area (TPSA) is 67.2 Å². The molecule has 130 valence electrons. The van der Waals surface area contributed by atoms with Crippen molar-refractivity contribution in [1.29, 1.82) is 0 Å². The SMILES string of the molecule is CCn1cncc1S(=O)(=O)NC1CCN(C)C1c1ccc(Cl)cc1. The maximum atomic E-state index is 12.8. The Labute approximate surface area is 147 Å². The molecule has 3 rings (SSSR count). The van der Waals surface area contributed by atoms with Crippen LogP contribution in [0.3, 0.4) is 0 Å². The maximum Gasteiger partial charge on any atom is 0.258 e. The minimum atomic E-state index is -3.62. The number of hydrogen-bond donors (Lipinski definition) is 1. The molecule has 0 radical (unpaired) electrons. The molecule has 1 saturated heterocycles. The van der Waals surface area contributed by atoms with Gasteiger partial charge in [-0.05, 0) is 38.1 Å². The van der Waals surface area contributed by atoms with E-state index >= 15 is 0 Å². The maximum absolute atomic E-state index is 12.8. The summed E-state index contributed by atoms with van der Waals surface area (Å²) >= 11 is 5.96. The standard InChI is InChI=1S/C16H21ClN4O2S/c1-3-21-11-18-10-15(21)24(22,23)19-14-8-9-20(2)16(14)12-4-6-13(17)7-5-12/h4-7,10-11,14,16,19H,3,8-9H2,1-2H3. The number of sulfonamides is 1. The van der Waals surface area contributed by atoms with Gasteiger partial charge in [-0.25, -0.2) is 18.1 Å². The first-order valence-corrected chi connectivity index (χ1v) is 9.76. The summed E-state index contributed by atoms with van der Waals surface area (Å²) in [7, 11) is -1.61. The van der Waals surface area contributed by atoms with Gasteiger partial charge in [-0.2, -0.15) is 0 Å². The van der Waals surface area contributed by atoms with Gasteiger partial charge in [0.15, 0.2) is 5.03 Å². The lowest BCUT2D eigenvalue weighted by molar-refractivity contribution is 0.297. The molecule has 2 unspecified atom stereocenters. The summed E-state index contributed by atoms with van der Waals surface area (Å²) in [5, 5.41) is 0.873. The summed E-state index contributed by atoms with van der Waals surface area (Å²) in [5.41, 5.74) is 1.05. The van der Waals surface area contributed by atoms with Crippen molar-refractivity contribution in [2.24, 2.45) is 0 Å². The van der Waals surface area contributed by atoms with Crippen molar-refractivity contribution in [2.75, 3.05) is 13.6 Å². The van der Waals surface area contributed by atoms with E-state index in [-0.39, 0.29) is 17.1 Å². The smallest absolute Gasteiger partial charge is 0.258 e. The van der Waals surface area contributed by atoms with Crippen molar-refractivity contribution in [3.63, 3.8) is 0 Å². The first-order chi connectivity index (χ1) is 11.4. The Balaban J connectivity index is 1.87. The molecule has 1 aromatic heterocycles. The fourth-order valence-corrected chi connectivity index (χ4v) is 4.82. The average Bonchev–Trinajstić information content (AvgIpc) is 3.16. The van der Waals surface area contributed by atoms with Gasteiger partial charge in [-0.1, -0.05) is 23.7 Å². The molecule has 0 spiro atoms. The molecule has 0 saturated carbocycles. The summed E-state index contributed by atoms with van der Waals surface area (Å²) in [5.74, 6) is 0. The van der Waals surface area contributed by atoms with Crippen molar-refractivity contribution in [3.05, 3.63) is 47.4 Å². The van der Waals surface area contributed by atoms with Gasteiger partial charge >= 0.3 is 0 Å². The molecule has 24 heavy (non-hydrogen) atoms. The van der Waals surface area contributed by atoms with Crippen LogP contribution in [0.1, 0.15) is 24.9 Å². The molecule has 1 aliphatic rings. The van der Waals surface area contributed by atoms with Gasteiger partial charge in [-0.15, -0.1) is 0 Å². The van der Waals surface area contributed by atoms with E-state index in [2.05, 4.69) is 14.6 Å². The lowest BCUT2D eigenvalue weighted by Crippen LogP contribution is -2.39. The van der Waals surface area contributed by atoms with Gasteiger partial charge in [0.1, 0.15) is 0 Å². The molecule has 1 aromatic carbocycles. The lowest BCUT2D eigenvalue weighted by Gasteiger charge is -2.26. The molecule has 0 bridgehead atoms. The number of nitrogens with zero attached hydrogens (tertiary/aromatic N) is 3. The van der Waals surface area contributed by atoms with Crippen LogP contribution in [0.4, 0.5) is 0 Å². The number of rotatable bonds is 5. The molecular weight excluding hydrogens is 348 g/mol. The van der Waals surface area contributed by atoms with E-state index in [4.69, 9.17) is 11.6 Å². The third-order valence-electron chi connectivity index (χ3n) is 4.46. The second-order valence-corrected chi connectivity index (χ2v) is 8.11. The Kier molecular flexibility index (Phi) is 4.96. The van der Waals surface area contributed by atoms with Crippen LogP contribution < -0.4 is 4.72 Å². The minimum Gasteiger partial charge on any atom is -0.321 e. The molecule has 1 aliphatic heterocycles. The van der Waals surface area contributed by atoms with E-state index in [0.29, 0.717) is 11.6 Å². The number of likely N-dealkylation sites (tertiary alicyclic amines) is 1. The highest BCUT2D eigenvalue weighted by molar-refractivity contribution is 7.89. The van der Waals surface area contributed by atoms with Crippen LogP contribution in [0.2, 0.25) is 5.02 Å². The Morgan fingerprint density at radius 1 is 1.33 bits per heavy atom. The predicted molar refractivity (Wildman–Crippen MR) is 93.5 cm³/mol. The molecule has 2 atom stereocenters. The number of hydrogen-bond acceptors (Lipinski definition) is 4. The van der Waals surface area contributed by atoms with Gasteiger partial charge in [0, 0.05) is 24.2 Å². The number of imidazole rings is 1. The second kappa shape index (κ2) is 6.84. The molecule has 1 fully saturated rings. The van der Waals surface area contributed by atoms with Crippen LogP contribution in [0.15, 0.2) is 41.8 Å². The van der Waals surface area contributed by atoms with Crippen LogP contribution >= 0.6 is 11.6 Å². The van der Waals surface area contributed by atoms with Crippen molar-refractivity contribution >= 4 is 21.6 Å². The first-order valence-electron chi connectivity index (χ1n) is 7.90. The quantitative estimate of drug-likeness (QED) is 0.879. The molecule has 2 heterocycles. The van der Waals surface area contributed by atoms with E-state index in [1.54, 1.807) is 4.57 Å². The number of benzene rings is 1. The number of aromatic nitrogens is 2. The minimum absolute atomic E-state index is 0.0185. The van der Waals surface area contributed by atoms with Crippen molar-refractivity contribution < 1.29 is 8.42 Å². The number of aryl methyl sites for hydroxylation is 1. The predicted octanol–water partition coefficient (Wildman–Crippen LogP) is 2.28. The Hall–Kier alpha value is -1.41. The third kappa shape index (κ3) is 3.35. The Morgan fingerprint density at radius 2 is 2.04 bits per heavy atom. The highest BCUT2D eigenvalue weighted by atomic mass is 35.5. The fraction of sp³-hybridized carbons (Fsp3) is 0.438. The van der Waals surface area contributed by atoms with Crippen molar-refractivity contribution in [2.45, 2.75) is 37.0 Å². The molecule has 1 N–H and O–H groups in total. The number of nitrogens with one attached hydrogen (secondary N) is 1. The normalized spacial score (nSPS) is 22.1. The Morgan fingerprint density at radius 3 is 2.71 bits per heavy atom. The van der Waals surface area contributed by atoms with Crippen molar-refractivity contribution in [3.8, 4) is 0 Å². The summed E-state index contributed by atoms with van der Waals surface area (Å²) in [4.78, 5) is 6.11. The average molecular weight is 369 g/mol. The summed E-state index contributed by atoms with van der Waals surface area (Å²) in [6.45, 7) is 3.27. The van der Waals surface area contributed by atoms with Crippen LogP contribution in [-0.4, -0.2) is 42.5 Å². The largest absolute Gasteiger partial charge is 0.321 e. The zero-order valence-corrected chi connectivity index (χ0v) is 15.3. The summed E-state index contributed by atoms with van der Waals surface area (Å²) in [6.07, 6.45) is 3.68. The first kappa shape index (κ1) is 17.4. The van der Waals surface area contributed by atoms with Gasteiger partial charge in [-0.3, -0.25) is 4.90 Å². The van der Waals surface area contributed by atoms with E-state index < -0.39 is 10.0 Å². The summed E-state index contributed by atoms with van der Waals surface area (Å²) in [6, 6.07) is 7.36. The fourth-order valence-electron chi connectivity index (χ4n) is 3.25. The van der Waals surface area contributed by atoms with Crippen molar-refractivity contribution in [1.82, 2.24) is 19.2 Å².